The van der Waals surface area contributed by atoms with Gasteiger partial charge in [-0.25, -0.2) is 9.79 Å². The Hall–Kier alpha value is -3.79. The van der Waals surface area contributed by atoms with Gasteiger partial charge >= 0.3 is 5.97 Å². The molecule has 0 saturated heterocycles. The molecule has 2 aliphatic heterocycles. The summed E-state index contributed by atoms with van der Waals surface area (Å²) in [5, 5.41) is 5.51. The standard InChI is InChI=1S/C26H28N4O5S/c1-5-21-23(25(32)35-4)24(16-10-19(33-2)13-20(11-16)34-3)30-18(15-36-26(30)29-21)12-22(31)28-14-17-8-6-7-9-27-17/h6-11,13,15,24H,5,12,14H2,1-4H3,(H,28,31)/t24-/m0/s1. The van der Waals surface area contributed by atoms with Gasteiger partial charge in [0.2, 0.25) is 5.91 Å². The molecular formula is C26H28N4O5S. The van der Waals surface area contributed by atoms with Crippen LogP contribution in [0.25, 0.3) is 0 Å². The number of carbonyl (C=O) groups excluding carboxylic acids is 2. The number of nitrogens with one attached hydrogen (secondary N) is 1. The van der Waals surface area contributed by atoms with Crippen molar-refractivity contribution in [2.45, 2.75) is 32.4 Å². The smallest absolute Gasteiger partial charge is 0.338 e. The van der Waals surface area contributed by atoms with Crippen LogP contribution in [0.5, 0.6) is 11.5 Å². The maximum Gasteiger partial charge on any atom is 0.338 e. The van der Waals surface area contributed by atoms with Gasteiger partial charge < -0.3 is 24.4 Å². The molecule has 4 rings (SSSR count). The molecule has 0 aliphatic carbocycles. The number of carbonyl (C=O) groups is 2. The lowest BCUT2D eigenvalue weighted by atomic mass is 9.92. The molecule has 2 aromatic rings. The molecule has 1 atom stereocenters. The van der Waals surface area contributed by atoms with E-state index in [0.717, 1.165) is 17.0 Å². The zero-order valence-electron chi connectivity index (χ0n) is 20.6. The summed E-state index contributed by atoms with van der Waals surface area (Å²) in [5.74, 6) is 0.528. The number of pyridine rings is 1. The molecule has 1 aromatic carbocycles. The van der Waals surface area contributed by atoms with Crippen LogP contribution in [0.2, 0.25) is 0 Å². The number of aromatic nitrogens is 1. The second-order valence-electron chi connectivity index (χ2n) is 8.02. The molecule has 0 bridgehead atoms. The predicted octanol–water partition coefficient (Wildman–Crippen LogP) is 3.94. The summed E-state index contributed by atoms with van der Waals surface area (Å²) in [7, 11) is 4.50. The lowest BCUT2D eigenvalue weighted by Crippen LogP contribution is -2.38. The van der Waals surface area contributed by atoms with E-state index >= 15 is 0 Å². The number of amidine groups is 1. The topological polar surface area (TPSA) is 102 Å². The number of fused-ring (bicyclic) bond motifs is 1. The van der Waals surface area contributed by atoms with Crippen LogP contribution >= 0.6 is 11.8 Å². The van der Waals surface area contributed by atoms with Crippen LogP contribution in [0, 0.1) is 0 Å². The van der Waals surface area contributed by atoms with Gasteiger partial charge in [-0.2, -0.15) is 0 Å². The summed E-state index contributed by atoms with van der Waals surface area (Å²) in [4.78, 5) is 36.9. The Morgan fingerprint density at radius 3 is 2.47 bits per heavy atom. The lowest BCUT2D eigenvalue weighted by molar-refractivity contribution is -0.136. The van der Waals surface area contributed by atoms with Crippen molar-refractivity contribution >= 4 is 28.8 Å². The summed E-state index contributed by atoms with van der Waals surface area (Å²) < 4.78 is 16.1. The quantitative estimate of drug-likeness (QED) is 0.508. The zero-order chi connectivity index (χ0) is 25.7. The van der Waals surface area contributed by atoms with Crippen molar-refractivity contribution in [1.82, 2.24) is 15.2 Å². The average molecular weight is 509 g/mol. The fourth-order valence-electron chi connectivity index (χ4n) is 4.13. The number of nitrogens with zero attached hydrogens (tertiary/aromatic N) is 3. The Bertz CT molecular complexity index is 1220. The van der Waals surface area contributed by atoms with Gasteiger partial charge in [0.15, 0.2) is 5.17 Å². The second-order valence-corrected chi connectivity index (χ2v) is 8.86. The summed E-state index contributed by atoms with van der Waals surface area (Å²) in [5.41, 5.74) is 3.31. The van der Waals surface area contributed by atoms with E-state index in [4.69, 9.17) is 19.2 Å². The first-order chi connectivity index (χ1) is 17.5. The third-order valence-corrected chi connectivity index (χ3v) is 6.74. The number of methoxy groups -OCH3 is 3. The van der Waals surface area contributed by atoms with Gasteiger partial charge in [0.05, 0.1) is 57.3 Å². The van der Waals surface area contributed by atoms with Crippen LogP contribution in [-0.2, 0) is 20.9 Å². The molecule has 0 spiro atoms. The van der Waals surface area contributed by atoms with Crippen molar-refractivity contribution in [2.75, 3.05) is 21.3 Å². The number of benzene rings is 1. The number of aliphatic imine (C=N–C) groups is 1. The molecule has 0 fully saturated rings. The number of amides is 1. The van der Waals surface area contributed by atoms with E-state index in [1.165, 1.54) is 18.9 Å². The van der Waals surface area contributed by atoms with E-state index in [9.17, 15) is 9.59 Å². The number of allylic oxidation sites excluding steroid dienone is 1. The number of hydrogen-bond acceptors (Lipinski definition) is 9. The van der Waals surface area contributed by atoms with Crippen molar-refractivity contribution in [3.05, 3.63) is 76.2 Å². The Morgan fingerprint density at radius 2 is 1.86 bits per heavy atom. The molecule has 10 heteroatoms. The SMILES string of the molecule is CCC1=C(C(=O)OC)[C@H](c2cc(OC)cc(OC)c2)N2C(CC(=O)NCc3ccccn3)=CSC2=N1. The summed E-state index contributed by atoms with van der Waals surface area (Å²) in [6.07, 6.45) is 2.33. The second kappa shape index (κ2) is 11.3. The number of thioether (sulfide) groups is 1. The fraction of sp³-hybridized carbons (Fsp3) is 0.308. The van der Waals surface area contributed by atoms with Crippen molar-refractivity contribution in [3.8, 4) is 11.5 Å². The van der Waals surface area contributed by atoms with Gasteiger partial charge in [-0.1, -0.05) is 24.8 Å². The molecule has 1 amide bonds. The van der Waals surface area contributed by atoms with Gasteiger partial charge in [-0.3, -0.25) is 9.78 Å². The van der Waals surface area contributed by atoms with E-state index in [1.807, 2.05) is 47.6 Å². The Kier molecular flexibility index (Phi) is 7.94. The average Bonchev–Trinajstić information content (AvgIpc) is 3.32. The van der Waals surface area contributed by atoms with Crippen molar-refractivity contribution < 1.29 is 23.8 Å². The van der Waals surface area contributed by atoms with Crippen LogP contribution < -0.4 is 14.8 Å². The highest BCUT2D eigenvalue weighted by molar-refractivity contribution is 8.16. The van der Waals surface area contributed by atoms with Gasteiger partial charge in [0.25, 0.3) is 0 Å². The van der Waals surface area contributed by atoms with E-state index < -0.39 is 12.0 Å². The largest absolute Gasteiger partial charge is 0.497 e. The van der Waals surface area contributed by atoms with Gasteiger partial charge in [0, 0.05) is 18.0 Å². The predicted molar refractivity (Wildman–Crippen MR) is 137 cm³/mol. The molecule has 9 nitrogen and oxygen atoms in total. The number of esters is 1. The summed E-state index contributed by atoms with van der Waals surface area (Å²) >= 11 is 1.42. The minimum atomic E-state index is -0.575. The van der Waals surface area contributed by atoms with E-state index in [1.54, 1.807) is 26.5 Å². The van der Waals surface area contributed by atoms with Crippen molar-refractivity contribution in [3.63, 3.8) is 0 Å². The van der Waals surface area contributed by atoms with Crippen LogP contribution in [-0.4, -0.2) is 48.3 Å². The molecule has 0 unspecified atom stereocenters. The number of hydrogen-bond donors (Lipinski definition) is 1. The maximum atomic E-state index is 13.1. The van der Waals surface area contributed by atoms with Crippen LogP contribution in [0.1, 0.15) is 37.1 Å². The summed E-state index contributed by atoms with van der Waals surface area (Å²) in [6.45, 7) is 2.27. The van der Waals surface area contributed by atoms with Crippen LogP contribution in [0.3, 0.4) is 0 Å². The summed E-state index contributed by atoms with van der Waals surface area (Å²) in [6, 6.07) is 10.5. The van der Waals surface area contributed by atoms with E-state index in [2.05, 4.69) is 10.3 Å². The van der Waals surface area contributed by atoms with Crippen molar-refractivity contribution in [2.24, 2.45) is 4.99 Å². The minimum absolute atomic E-state index is 0.104. The highest BCUT2D eigenvalue weighted by atomic mass is 32.2. The third-order valence-electron chi connectivity index (χ3n) is 5.85. The Labute approximate surface area is 214 Å². The monoisotopic (exact) mass is 508 g/mol. The molecule has 0 radical (unpaired) electrons. The van der Waals surface area contributed by atoms with E-state index in [0.29, 0.717) is 40.9 Å². The highest BCUT2D eigenvalue weighted by Gasteiger charge is 2.41. The Morgan fingerprint density at radius 1 is 1.11 bits per heavy atom. The van der Waals surface area contributed by atoms with Gasteiger partial charge in [-0.15, -0.1) is 0 Å². The van der Waals surface area contributed by atoms with Gasteiger partial charge in [-0.05, 0) is 41.7 Å². The normalized spacial score (nSPS) is 16.7. The van der Waals surface area contributed by atoms with Crippen LogP contribution in [0.4, 0.5) is 0 Å². The first-order valence-electron chi connectivity index (χ1n) is 11.4. The minimum Gasteiger partial charge on any atom is -0.497 e. The molecule has 36 heavy (non-hydrogen) atoms. The number of rotatable bonds is 9. The molecule has 1 aromatic heterocycles. The zero-order valence-corrected chi connectivity index (χ0v) is 21.4. The van der Waals surface area contributed by atoms with Gasteiger partial charge in [0.1, 0.15) is 11.5 Å². The first-order valence-corrected chi connectivity index (χ1v) is 12.3. The maximum absolute atomic E-state index is 13.1. The first kappa shape index (κ1) is 25.3. The molecule has 0 saturated carbocycles. The van der Waals surface area contributed by atoms with Crippen LogP contribution in [0.15, 0.2) is 70.0 Å². The molecule has 188 valence electrons. The highest BCUT2D eigenvalue weighted by Crippen LogP contribution is 2.46. The fourth-order valence-corrected chi connectivity index (χ4v) is 5.07. The molecule has 1 N–H and O–H groups in total. The van der Waals surface area contributed by atoms with E-state index in [-0.39, 0.29) is 12.3 Å². The Balaban J connectivity index is 1.69. The molecule has 2 aliphatic rings. The lowest BCUT2D eigenvalue weighted by Gasteiger charge is -2.36. The molecule has 3 heterocycles. The number of ether oxygens (including phenoxy) is 3. The van der Waals surface area contributed by atoms with Crippen molar-refractivity contribution in [1.29, 1.82) is 0 Å². The molecular weight excluding hydrogens is 480 g/mol. The third kappa shape index (κ3) is 5.23.